The normalized spacial score (nSPS) is 19.0. The number of carbonyl (C=O) groups excluding carboxylic acids is 1. The molecule has 1 heterocycles. The van der Waals surface area contributed by atoms with E-state index in [9.17, 15) is 13.2 Å². The van der Waals surface area contributed by atoms with E-state index in [1.807, 2.05) is 0 Å². The van der Waals surface area contributed by atoms with Gasteiger partial charge in [-0.05, 0) is 51.1 Å². The number of hydrogen-bond donors (Lipinski definition) is 3. The zero-order valence-electron chi connectivity index (χ0n) is 11.6. The molecule has 2 rings (SSSR count). The molecule has 1 saturated heterocycles. The molecule has 1 aliphatic heterocycles. The van der Waals surface area contributed by atoms with Crippen molar-refractivity contribution in [3.8, 4) is 0 Å². The lowest BCUT2D eigenvalue weighted by Crippen LogP contribution is -2.35. The summed E-state index contributed by atoms with van der Waals surface area (Å²) < 4.78 is 26.0. The summed E-state index contributed by atoms with van der Waals surface area (Å²) in [6, 6.07) is 4.67. The molecule has 0 aliphatic carbocycles. The average molecular weight is 297 g/mol. The molecule has 110 valence electrons. The van der Waals surface area contributed by atoms with E-state index in [-0.39, 0.29) is 16.8 Å². The second kappa shape index (κ2) is 5.90. The molecule has 20 heavy (non-hydrogen) atoms. The van der Waals surface area contributed by atoms with E-state index in [1.165, 1.54) is 13.1 Å². The molecule has 0 bridgehead atoms. The van der Waals surface area contributed by atoms with Gasteiger partial charge in [-0.3, -0.25) is 4.79 Å². The number of benzene rings is 1. The van der Waals surface area contributed by atoms with E-state index < -0.39 is 10.0 Å². The van der Waals surface area contributed by atoms with Crippen LogP contribution in [0.1, 0.15) is 18.4 Å². The van der Waals surface area contributed by atoms with E-state index in [0.29, 0.717) is 11.3 Å². The van der Waals surface area contributed by atoms with E-state index in [1.54, 1.807) is 19.1 Å². The van der Waals surface area contributed by atoms with Crippen molar-refractivity contribution in [1.29, 1.82) is 0 Å². The summed E-state index contributed by atoms with van der Waals surface area (Å²) in [4.78, 5) is 12.2. The molecule has 1 aliphatic rings. The lowest BCUT2D eigenvalue weighted by atomic mass is 10.2. The first-order valence-corrected chi connectivity index (χ1v) is 8.01. The fourth-order valence-electron chi connectivity index (χ4n) is 2.22. The maximum atomic E-state index is 12.0. The van der Waals surface area contributed by atoms with Crippen LogP contribution in [-0.2, 0) is 14.8 Å². The number of anilines is 1. The summed E-state index contributed by atoms with van der Waals surface area (Å²) in [6.45, 7) is 2.56. The van der Waals surface area contributed by atoms with E-state index in [4.69, 9.17) is 0 Å². The second-order valence-electron chi connectivity index (χ2n) is 4.83. The van der Waals surface area contributed by atoms with Gasteiger partial charge >= 0.3 is 0 Å². The number of sulfonamides is 1. The van der Waals surface area contributed by atoms with Crippen molar-refractivity contribution in [3.05, 3.63) is 23.8 Å². The Morgan fingerprint density at radius 2 is 2.15 bits per heavy atom. The summed E-state index contributed by atoms with van der Waals surface area (Å²) in [5.74, 6) is -0.126. The van der Waals surface area contributed by atoms with E-state index >= 15 is 0 Å². The standard InChI is InChI=1S/C13H19N3O3S/c1-9-5-6-10(8-12(9)20(18,19)14-2)16-13(17)11-4-3-7-15-11/h5-6,8,11,14-15H,3-4,7H2,1-2H3,(H,16,17)/t11-/m1/s1. The van der Waals surface area contributed by atoms with Gasteiger partial charge in [0.1, 0.15) is 0 Å². The molecule has 1 fully saturated rings. The maximum absolute atomic E-state index is 12.0. The van der Waals surface area contributed by atoms with Crippen molar-refractivity contribution >= 4 is 21.6 Å². The highest BCUT2D eigenvalue weighted by Crippen LogP contribution is 2.20. The van der Waals surface area contributed by atoms with Crippen molar-refractivity contribution in [2.45, 2.75) is 30.7 Å². The maximum Gasteiger partial charge on any atom is 0.241 e. The molecule has 7 heteroatoms. The largest absolute Gasteiger partial charge is 0.325 e. The molecule has 0 spiro atoms. The van der Waals surface area contributed by atoms with Gasteiger partial charge in [-0.25, -0.2) is 13.1 Å². The first-order chi connectivity index (χ1) is 9.44. The lowest BCUT2D eigenvalue weighted by molar-refractivity contribution is -0.117. The SMILES string of the molecule is CNS(=O)(=O)c1cc(NC(=O)[C@H]2CCCN2)ccc1C. The fraction of sp³-hybridized carbons (Fsp3) is 0.462. The highest BCUT2D eigenvalue weighted by Gasteiger charge is 2.22. The van der Waals surface area contributed by atoms with Crippen LogP contribution in [0.15, 0.2) is 23.1 Å². The first kappa shape index (κ1) is 15.0. The minimum absolute atomic E-state index is 0.126. The zero-order chi connectivity index (χ0) is 14.8. The van der Waals surface area contributed by atoms with Crippen molar-refractivity contribution in [3.63, 3.8) is 0 Å². The minimum Gasteiger partial charge on any atom is -0.325 e. The van der Waals surface area contributed by atoms with Gasteiger partial charge in [0.15, 0.2) is 0 Å². The van der Waals surface area contributed by atoms with Gasteiger partial charge in [0.2, 0.25) is 15.9 Å². The quantitative estimate of drug-likeness (QED) is 0.759. The minimum atomic E-state index is -3.52. The van der Waals surface area contributed by atoms with Gasteiger partial charge in [-0.2, -0.15) is 0 Å². The molecule has 1 aromatic rings. The van der Waals surface area contributed by atoms with Gasteiger partial charge < -0.3 is 10.6 Å². The van der Waals surface area contributed by atoms with Crippen LogP contribution < -0.4 is 15.4 Å². The third-order valence-corrected chi connectivity index (χ3v) is 4.95. The molecular formula is C13H19N3O3S. The van der Waals surface area contributed by atoms with Gasteiger partial charge in [0, 0.05) is 5.69 Å². The molecule has 0 radical (unpaired) electrons. The highest BCUT2D eigenvalue weighted by atomic mass is 32.2. The van der Waals surface area contributed by atoms with Crippen molar-refractivity contribution in [1.82, 2.24) is 10.0 Å². The molecular weight excluding hydrogens is 278 g/mol. The summed E-state index contributed by atoms with van der Waals surface area (Å²) in [5.41, 5.74) is 1.12. The van der Waals surface area contributed by atoms with Gasteiger partial charge in [0.25, 0.3) is 0 Å². The molecule has 0 aromatic heterocycles. The monoisotopic (exact) mass is 297 g/mol. The lowest BCUT2D eigenvalue weighted by Gasteiger charge is -2.13. The van der Waals surface area contributed by atoms with Crippen LogP contribution >= 0.6 is 0 Å². The molecule has 0 saturated carbocycles. The Bertz CT molecular complexity index is 607. The summed E-state index contributed by atoms with van der Waals surface area (Å²) >= 11 is 0. The third-order valence-electron chi connectivity index (χ3n) is 3.39. The number of rotatable bonds is 4. The van der Waals surface area contributed by atoms with Crippen molar-refractivity contribution in [2.75, 3.05) is 18.9 Å². The smallest absolute Gasteiger partial charge is 0.241 e. The number of amides is 1. The van der Waals surface area contributed by atoms with Gasteiger partial charge in [-0.15, -0.1) is 0 Å². The number of carbonyl (C=O) groups is 1. The Kier molecular flexibility index (Phi) is 4.42. The molecule has 1 amide bonds. The van der Waals surface area contributed by atoms with Crippen LogP contribution in [0.3, 0.4) is 0 Å². The second-order valence-corrected chi connectivity index (χ2v) is 6.68. The Hall–Kier alpha value is -1.44. The Morgan fingerprint density at radius 3 is 2.75 bits per heavy atom. The van der Waals surface area contributed by atoms with Crippen LogP contribution in [0.2, 0.25) is 0 Å². The third kappa shape index (κ3) is 3.17. The zero-order valence-corrected chi connectivity index (χ0v) is 12.4. The molecule has 0 unspecified atom stereocenters. The van der Waals surface area contributed by atoms with Crippen LogP contribution in [-0.4, -0.2) is 34.0 Å². The predicted molar refractivity (Wildman–Crippen MR) is 77.1 cm³/mol. The number of aryl methyl sites for hydroxylation is 1. The average Bonchev–Trinajstić information content (AvgIpc) is 2.95. The summed E-state index contributed by atoms with van der Waals surface area (Å²) in [5, 5.41) is 5.86. The van der Waals surface area contributed by atoms with Gasteiger partial charge in [0.05, 0.1) is 10.9 Å². The van der Waals surface area contributed by atoms with Crippen LogP contribution in [0.4, 0.5) is 5.69 Å². The van der Waals surface area contributed by atoms with Crippen LogP contribution in [0, 0.1) is 6.92 Å². The molecule has 6 nitrogen and oxygen atoms in total. The number of nitrogens with one attached hydrogen (secondary N) is 3. The van der Waals surface area contributed by atoms with Crippen molar-refractivity contribution < 1.29 is 13.2 Å². The van der Waals surface area contributed by atoms with Crippen LogP contribution in [0.25, 0.3) is 0 Å². The molecule has 1 atom stereocenters. The molecule has 3 N–H and O–H groups in total. The highest BCUT2D eigenvalue weighted by molar-refractivity contribution is 7.89. The Balaban J connectivity index is 2.21. The number of hydrogen-bond acceptors (Lipinski definition) is 4. The van der Waals surface area contributed by atoms with E-state index in [2.05, 4.69) is 15.4 Å². The van der Waals surface area contributed by atoms with Gasteiger partial charge in [-0.1, -0.05) is 6.07 Å². The fourth-order valence-corrected chi connectivity index (χ4v) is 3.21. The predicted octanol–water partition coefficient (Wildman–Crippen LogP) is 0.594. The molecule has 1 aromatic carbocycles. The van der Waals surface area contributed by atoms with E-state index in [0.717, 1.165) is 19.4 Å². The summed E-state index contributed by atoms with van der Waals surface area (Å²) in [7, 11) is -2.16. The van der Waals surface area contributed by atoms with Crippen LogP contribution in [0.5, 0.6) is 0 Å². The Labute approximate surface area is 119 Å². The Morgan fingerprint density at radius 1 is 1.40 bits per heavy atom. The summed E-state index contributed by atoms with van der Waals surface area (Å²) in [6.07, 6.45) is 1.78. The topological polar surface area (TPSA) is 87.3 Å². The van der Waals surface area contributed by atoms with Crippen molar-refractivity contribution in [2.24, 2.45) is 0 Å². The first-order valence-electron chi connectivity index (χ1n) is 6.52.